The van der Waals surface area contributed by atoms with Gasteiger partial charge in [0.1, 0.15) is 12.4 Å². The van der Waals surface area contributed by atoms with Crippen molar-refractivity contribution in [1.29, 1.82) is 0 Å². The molecule has 0 aliphatic rings. The number of imidazole rings is 1. The maximum atomic E-state index is 2.56. The van der Waals surface area contributed by atoms with Gasteiger partial charge in [-0.3, -0.25) is 0 Å². The predicted octanol–water partition coefficient (Wildman–Crippen LogP) is 9.57. The second-order valence-electron chi connectivity index (χ2n) is 10.2. The van der Waals surface area contributed by atoms with Crippen LogP contribution in [0.3, 0.4) is 0 Å². The fourth-order valence-corrected chi connectivity index (χ4v) is 4.99. The largest absolute Gasteiger partial charge is 0.256 e. The monoisotopic (exact) mass is 447 g/mol. The van der Waals surface area contributed by atoms with Crippen LogP contribution < -0.4 is 4.57 Å². The molecule has 0 fully saturated rings. The van der Waals surface area contributed by atoms with Crippen LogP contribution in [0.5, 0.6) is 0 Å². The van der Waals surface area contributed by atoms with Crippen LogP contribution in [-0.4, -0.2) is 4.57 Å². The second-order valence-corrected chi connectivity index (χ2v) is 10.2. The number of aromatic nitrogens is 2. The highest BCUT2D eigenvalue weighted by Crippen LogP contribution is 2.13. The third-order valence-corrected chi connectivity index (χ3v) is 7.19. The highest BCUT2D eigenvalue weighted by molar-refractivity contribution is 4.83. The smallest absolute Gasteiger partial charge is 0.235 e. The standard InChI is InChI=1S/C30H59N2/c1-4-7-9-11-13-15-17-18-20-22-24-26-30-31(6-3)28-29-32(30)27-25-23-21-19-16-14-12-10-8-5-2/h28-29H,4-27H2,1-3H3/q+1. The van der Waals surface area contributed by atoms with E-state index in [2.05, 4.69) is 42.3 Å². The number of unbranched alkanes of at least 4 members (excludes halogenated alkanes) is 19. The Bertz CT molecular complexity index is 505. The molecule has 0 bridgehead atoms. The van der Waals surface area contributed by atoms with E-state index in [0.717, 1.165) is 6.54 Å². The number of rotatable bonds is 24. The van der Waals surface area contributed by atoms with Gasteiger partial charge in [0.05, 0.1) is 13.1 Å². The molecule has 2 nitrogen and oxygen atoms in total. The van der Waals surface area contributed by atoms with Crippen molar-refractivity contribution in [2.45, 2.75) is 175 Å². The van der Waals surface area contributed by atoms with Crippen molar-refractivity contribution in [3.05, 3.63) is 18.2 Å². The minimum absolute atomic E-state index is 1.11. The van der Waals surface area contributed by atoms with Gasteiger partial charge in [0.15, 0.2) is 0 Å². The molecule has 0 N–H and O–H groups in total. The molecular formula is C30H59N2+. The number of hydrogen-bond acceptors (Lipinski definition) is 0. The highest BCUT2D eigenvalue weighted by atomic mass is 15.1. The van der Waals surface area contributed by atoms with Crippen LogP contribution in [0, 0.1) is 0 Å². The minimum Gasteiger partial charge on any atom is -0.235 e. The van der Waals surface area contributed by atoms with E-state index in [0.29, 0.717) is 0 Å². The Morgan fingerprint density at radius 2 is 0.938 bits per heavy atom. The van der Waals surface area contributed by atoms with Crippen LogP contribution in [0.25, 0.3) is 0 Å². The summed E-state index contributed by atoms with van der Waals surface area (Å²) >= 11 is 0. The molecule has 188 valence electrons. The minimum atomic E-state index is 1.11. The molecule has 1 aromatic rings. The Hall–Kier alpha value is -0.790. The zero-order chi connectivity index (χ0) is 23.1. The molecular weight excluding hydrogens is 388 g/mol. The molecule has 0 spiro atoms. The Balaban J connectivity index is 2.08. The molecule has 0 unspecified atom stereocenters. The molecule has 1 aromatic heterocycles. The lowest BCUT2D eigenvalue weighted by molar-refractivity contribution is -0.704. The van der Waals surface area contributed by atoms with Crippen molar-refractivity contribution in [1.82, 2.24) is 4.57 Å². The zero-order valence-corrected chi connectivity index (χ0v) is 22.5. The number of nitrogens with zero attached hydrogens (tertiary/aromatic N) is 2. The Labute approximate surface area is 202 Å². The quantitative estimate of drug-likeness (QED) is 0.110. The summed E-state index contributed by atoms with van der Waals surface area (Å²) in [6, 6.07) is 0. The molecule has 32 heavy (non-hydrogen) atoms. The molecule has 0 aromatic carbocycles. The maximum Gasteiger partial charge on any atom is 0.256 e. The van der Waals surface area contributed by atoms with E-state index in [4.69, 9.17) is 0 Å². The van der Waals surface area contributed by atoms with Crippen molar-refractivity contribution in [2.24, 2.45) is 0 Å². The van der Waals surface area contributed by atoms with Gasteiger partial charge in [0.2, 0.25) is 0 Å². The van der Waals surface area contributed by atoms with E-state index < -0.39 is 0 Å². The van der Waals surface area contributed by atoms with Crippen LogP contribution in [-0.2, 0) is 19.5 Å². The molecule has 1 rings (SSSR count). The van der Waals surface area contributed by atoms with Gasteiger partial charge in [0, 0.05) is 6.42 Å². The fraction of sp³-hybridized carbons (Fsp3) is 0.900. The van der Waals surface area contributed by atoms with Gasteiger partial charge in [-0.15, -0.1) is 0 Å². The lowest BCUT2D eigenvalue weighted by Crippen LogP contribution is -2.37. The number of aryl methyl sites for hydroxylation is 2. The molecule has 1 heterocycles. The van der Waals surface area contributed by atoms with Crippen molar-refractivity contribution >= 4 is 0 Å². The first-order valence-electron chi connectivity index (χ1n) is 14.9. The second kappa shape index (κ2) is 22.0. The summed E-state index contributed by atoms with van der Waals surface area (Å²) in [6.07, 6.45) is 35.8. The van der Waals surface area contributed by atoms with Gasteiger partial charge in [0.25, 0.3) is 5.82 Å². The van der Waals surface area contributed by atoms with Crippen LogP contribution in [0.2, 0.25) is 0 Å². The van der Waals surface area contributed by atoms with E-state index >= 15 is 0 Å². The van der Waals surface area contributed by atoms with Gasteiger partial charge in [-0.2, -0.15) is 0 Å². The maximum absolute atomic E-state index is 2.56. The molecule has 0 aliphatic carbocycles. The van der Waals surface area contributed by atoms with Crippen molar-refractivity contribution in [3.63, 3.8) is 0 Å². The zero-order valence-electron chi connectivity index (χ0n) is 22.5. The van der Waals surface area contributed by atoms with E-state index in [-0.39, 0.29) is 0 Å². The van der Waals surface area contributed by atoms with Gasteiger partial charge in [-0.1, -0.05) is 129 Å². The summed E-state index contributed by atoms with van der Waals surface area (Å²) in [5.74, 6) is 1.57. The van der Waals surface area contributed by atoms with Gasteiger partial charge < -0.3 is 0 Å². The summed E-state index contributed by atoms with van der Waals surface area (Å²) in [6.45, 7) is 9.22. The molecule has 0 radical (unpaired) electrons. The Kier molecular flexibility index (Phi) is 20.1. The van der Waals surface area contributed by atoms with Gasteiger partial charge in [-0.05, 0) is 26.2 Å². The summed E-state index contributed by atoms with van der Waals surface area (Å²) in [7, 11) is 0. The van der Waals surface area contributed by atoms with E-state index in [1.165, 1.54) is 148 Å². The summed E-state index contributed by atoms with van der Waals surface area (Å²) in [5.41, 5.74) is 0. The van der Waals surface area contributed by atoms with Crippen LogP contribution in [0.1, 0.15) is 161 Å². The summed E-state index contributed by atoms with van der Waals surface area (Å²) in [5, 5.41) is 0. The predicted molar refractivity (Wildman–Crippen MR) is 142 cm³/mol. The van der Waals surface area contributed by atoms with E-state index in [1.54, 1.807) is 5.82 Å². The fourth-order valence-electron chi connectivity index (χ4n) is 4.99. The average Bonchev–Trinajstić information content (AvgIpc) is 3.20. The first-order chi connectivity index (χ1) is 15.8. The molecule has 0 saturated carbocycles. The lowest BCUT2D eigenvalue weighted by Gasteiger charge is -2.06. The molecule has 0 amide bonds. The summed E-state index contributed by atoms with van der Waals surface area (Å²) < 4.78 is 5.04. The van der Waals surface area contributed by atoms with E-state index in [1.807, 2.05) is 0 Å². The van der Waals surface area contributed by atoms with Gasteiger partial charge >= 0.3 is 0 Å². The third-order valence-electron chi connectivity index (χ3n) is 7.19. The van der Waals surface area contributed by atoms with Gasteiger partial charge in [-0.25, -0.2) is 9.13 Å². The topological polar surface area (TPSA) is 8.81 Å². The van der Waals surface area contributed by atoms with Crippen LogP contribution in [0.4, 0.5) is 0 Å². The lowest BCUT2D eigenvalue weighted by atomic mass is 10.1. The molecule has 0 atom stereocenters. The molecule has 0 saturated heterocycles. The Morgan fingerprint density at radius 1 is 0.531 bits per heavy atom. The molecule has 2 heteroatoms. The van der Waals surface area contributed by atoms with Crippen LogP contribution >= 0.6 is 0 Å². The SMILES string of the molecule is CCCCCCCCCCCCCc1n(CC)cc[n+]1CCCCCCCCCCCC. The normalized spacial score (nSPS) is 11.5. The van der Waals surface area contributed by atoms with Crippen molar-refractivity contribution < 1.29 is 4.57 Å². The van der Waals surface area contributed by atoms with Crippen molar-refractivity contribution in [3.8, 4) is 0 Å². The van der Waals surface area contributed by atoms with E-state index in [9.17, 15) is 0 Å². The third kappa shape index (κ3) is 15.1. The van der Waals surface area contributed by atoms with Crippen LogP contribution in [0.15, 0.2) is 12.4 Å². The first-order valence-corrected chi connectivity index (χ1v) is 14.9. The summed E-state index contributed by atoms with van der Waals surface area (Å²) in [4.78, 5) is 0. The highest BCUT2D eigenvalue weighted by Gasteiger charge is 2.15. The first kappa shape index (κ1) is 29.2. The average molecular weight is 448 g/mol. The van der Waals surface area contributed by atoms with Crippen molar-refractivity contribution in [2.75, 3.05) is 0 Å². The Morgan fingerprint density at radius 3 is 1.38 bits per heavy atom. The number of hydrogen-bond donors (Lipinski definition) is 0. The molecule has 0 aliphatic heterocycles.